The van der Waals surface area contributed by atoms with Gasteiger partial charge >= 0.3 is 5.97 Å². The largest absolute Gasteiger partial charge is 0.478 e. The average Bonchev–Trinajstić information content (AvgIpc) is 2.44. The molecule has 3 nitrogen and oxygen atoms in total. The maximum absolute atomic E-state index is 11.3. The molecule has 0 aliphatic carbocycles. The molecule has 2 aromatic carbocycles. The second-order valence-corrected chi connectivity index (χ2v) is 4.89. The van der Waals surface area contributed by atoms with Crippen LogP contribution in [0.2, 0.25) is 5.02 Å². The highest BCUT2D eigenvalue weighted by Crippen LogP contribution is 2.21. The summed E-state index contributed by atoms with van der Waals surface area (Å²) in [4.78, 5) is 11.3. The molecule has 0 fully saturated rings. The van der Waals surface area contributed by atoms with E-state index >= 15 is 0 Å². The van der Waals surface area contributed by atoms with Crippen molar-refractivity contribution in [3.63, 3.8) is 0 Å². The number of carbonyl (C=O) groups is 1. The summed E-state index contributed by atoms with van der Waals surface area (Å²) in [6, 6.07) is 14.4. The minimum absolute atomic E-state index is 0.274. The van der Waals surface area contributed by atoms with E-state index in [4.69, 9.17) is 16.3 Å². The van der Waals surface area contributed by atoms with E-state index in [-0.39, 0.29) is 6.42 Å². The summed E-state index contributed by atoms with van der Waals surface area (Å²) in [6.45, 7) is 1.87. The maximum atomic E-state index is 11.3. The van der Waals surface area contributed by atoms with Gasteiger partial charge in [0.05, 0.1) is 0 Å². The molecule has 2 rings (SSSR count). The summed E-state index contributed by atoms with van der Waals surface area (Å²) in [5, 5.41) is 9.93. The van der Waals surface area contributed by atoms with Gasteiger partial charge in [0.2, 0.25) is 0 Å². The molecule has 0 aromatic heterocycles. The highest BCUT2D eigenvalue weighted by atomic mass is 35.5. The Morgan fingerprint density at radius 2 is 1.90 bits per heavy atom. The molecule has 20 heavy (non-hydrogen) atoms. The van der Waals surface area contributed by atoms with Crippen molar-refractivity contribution >= 4 is 17.6 Å². The average molecular weight is 291 g/mol. The van der Waals surface area contributed by atoms with Gasteiger partial charge in [-0.1, -0.05) is 41.9 Å². The molecule has 0 saturated heterocycles. The second-order valence-electron chi connectivity index (χ2n) is 4.49. The lowest BCUT2D eigenvalue weighted by molar-refractivity contribution is -0.145. The molecule has 0 amide bonds. The number of carboxylic acid groups (broad SMARTS) is 1. The van der Waals surface area contributed by atoms with Gasteiger partial charge in [0, 0.05) is 11.4 Å². The third-order valence-corrected chi connectivity index (χ3v) is 3.49. The first kappa shape index (κ1) is 14.4. The van der Waals surface area contributed by atoms with Crippen molar-refractivity contribution in [2.45, 2.75) is 19.4 Å². The Kier molecular flexibility index (Phi) is 4.64. The van der Waals surface area contributed by atoms with Gasteiger partial charge in [0.1, 0.15) is 5.75 Å². The first-order valence-corrected chi connectivity index (χ1v) is 6.64. The molecule has 0 spiro atoms. The molecule has 0 bridgehead atoms. The van der Waals surface area contributed by atoms with Crippen LogP contribution in [0, 0.1) is 6.92 Å². The van der Waals surface area contributed by atoms with Crippen LogP contribution >= 0.6 is 11.6 Å². The number of carboxylic acids is 1. The third-order valence-electron chi connectivity index (χ3n) is 3.08. The van der Waals surface area contributed by atoms with Crippen LogP contribution in [0.4, 0.5) is 0 Å². The Morgan fingerprint density at radius 3 is 2.55 bits per heavy atom. The van der Waals surface area contributed by atoms with E-state index in [9.17, 15) is 9.90 Å². The molecular formula is C16H15ClO3. The zero-order valence-corrected chi connectivity index (χ0v) is 11.8. The summed E-state index contributed by atoms with van der Waals surface area (Å²) in [5.41, 5.74) is 1.76. The molecule has 0 aliphatic heterocycles. The minimum Gasteiger partial charge on any atom is -0.478 e. The molecular weight excluding hydrogens is 276 g/mol. The maximum Gasteiger partial charge on any atom is 0.345 e. The smallest absolute Gasteiger partial charge is 0.345 e. The summed E-state index contributed by atoms with van der Waals surface area (Å²) in [5.74, 6) is -0.451. The lowest BCUT2D eigenvalue weighted by atomic mass is 10.0. The zero-order valence-electron chi connectivity index (χ0n) is 11.0. The van der Waals surface area contributed by atoms with Gasteiger partial charge in [-0.15, -0.1) is 0 Å². The lowest BCUT2D eigenvalue weighted by Gasteiger charge is -2.16. The fourth-order valence-electron chi connectivity index (χ4n) is 1.92. The van der Waals surface area contributed by atoms with Crippen molar-refractivity contribution < 1.29 is 14.6 Å². The van der Waals surface area contributed by atoms with Crippen molar-refractivity contribution in [1.29, 1.82) is 0 Å². The quantitative estimate of drug-likeness (QED) is 0.913. The van der Waals surface area contributed by atoms with Gasteiger partial charge in [0.15, 0.2) is 6.10 Å². The molecule has 4 heteroatoms. The standard InChI is InChI=1S/C16H15ClO3/c1-11-12(6-5-9-14(11)17)10-15(16(18)19)20-13-7-3-2-4-8-13/h2-9,15H,10H2,1H3,(H,18,19)/t15-/m1/s1. The molecule has 104 valence electrons. The minimum atomic E-state index is -0.992. The van der Waals surface area contributed by atoms with E-state index < -0.39 is 12.1 Å². The summed E-state index contributed by atoms with van der Waals surface area (Å²) < 4.78 is 5.53. The van der Waals surface area contributed by atoms with E-state index in [1.54, 1.807) is 30.3 Å². The monoisotopic (exact) mass is 290 g/mol. The number of benzene rings is 2. The van der Waals surface area contributed by atoms with Crippen molar-refractivity contribution in [1.82, 2.24) is 0 Å². The van der Waals surface area contributed by atoms with Crippen LogP contribution in [-0.4, -0.2) is 17.2 Å². The number of para-hydroxylation sites is 1. The van der Waals surface area contributed by atoms with E-state index in [0.29, 0.717) is 10.8 Å². The Hall–Kier alpha value is -2.00. The van der Waals surface area contributed by atoms with Gasteiger partial charge in [-0.25, -0.2) is 4.79 Å². The third kappa shape index (κ3) is 3.52. The summed E-state index contributed by atoms with van der Waals surface area (Å²) in [7, 11) is 0. The number of halogens is 1. The number of hydrogen-bond donors (Lipinski definition) is 1. The van der Waals surface area contributed by atoms with Crippen LogP contribution in [0.5, 0.6) is 5.75 Å². The van der Waals surface area contributed by atoms with Crippen LogP contribution in [0.15, 0.2) is 48.5 Å². The number of hydrogen-bond acceptors (Lipinski definition) is 2. The summed E-state index contributed by atoms with van der Waals surface area (Å²) >= 11 is 6.05. The van der Waals surface area contributed by atoms with Crippen molar-refractivity contribution in [3.8, 4) is 5.75 Å². The fourth-order valence-corrected chi connectivity index (χ4v) is 2.11. The van der Waals surface area contributed by atoms with Crippen molar-refractivity contribution in [2.75, 3.05) is 0 Å². The Labute approximate surface area is 122 Å². The Balaban J connectivity index is 2.18. The first-order chi connectivity index (χ1) is 9.58. The van der Waals surface area contributed by atoms with Crippen LogP contribution in [0.1, 0.15) is 11.1 Å². The Bertz CT molecular complexity index is 596. The molecule has 0 heterocycles. The van der Waals surface area contributed by atoms with Gasteiger partial charge in [-0.2, -0.15) is 0 Å². The van der Waals surface area contributed by atoms with Gasteiger partial charge in [-0.3, -0.25) is 0 Å². The summed E-state index contributed by atoms with van der Waals surface area (Å²) in [6.07, 6.45) is -0.661. The fraction of sp³-hybridized carbons (Fsp3) is 0.188. The zero-order chi connectivity index (χ0) is 14.5. The molecule has 2 aromatic rings. The predicted octanol–water partition coefficient (Wildman–Crippen LogP) is 3.72. The number of aliphatic carboxylic acids is 1. The highest BCUT2D eigenvalue weighted by molar-refractivity contribution is 6.31. The van der Waals surface area contributed by atoms with E-state index in [2.05, 4.69) is 0 Å². The molecule has 0 unspecified atom stereocenters. The van der Waals surface area contributed by atoms with Crippen LogP contribution in [0.3, 0.4) is 0 Å². The molecule has 0 radical (unpaired) electrons. The normalized spacial score (nSPS) is 11.9. The molecule has 0 saturated carbocycles. The molecule has 0 aliphatic rings. The van der Waals surface area contributed by atoms with Gasteiger partial charge in [-0.05, 0) is 36.2 Å². The van der Waals surface area contributed by atoms with Gasteiger partial charge in [0.25, 0.3) is 0 Å². The lowest BCUT2D eigenvalue weighted by Crippen LogP contribution is -2.29. The second kappa shape index (κ2) is 6.44. The van der Waals surface area contributed by atoms with Crippen molar-refractivity contribution in [2.24, 2.45) is 0 Å². The Morgan fingerprint density at radius 1 is 1.20 bits per heavy atom. The predicted molar refractivity (Wildman–Crippen MR) is 78.4 cm³/mol. The number of rotatable bonds is 5. The first-order valence-electron chi connectivity index (χ1n) is 6.26. The van der Waals surface area contributed by atoms with Gasteiger partial charge < -0.3 is 9.84 Å². The van der Waals surface area contributed by atoms with E-state index in [0.717, 1.165) is 11.1 Å². The number of ether oxygens (including phenoxy) is 1. The SMILES string of the molecule is Cc1c(Cl)cccc1C[C@@H](Oc1ccccc1)C(=O)O. The molecule has 1 atom stereocenters. The molecule has 1 N–H and O–H groups in total. The highest BCUT2D eigenvalue weighted by Gasteiger charge is 2.21. The van der Waals surface area contributed by atoms with Crippen LogP contribution in [0.25, 0.3) is 0 Å². The topological polar surface area (TPSA) is 46.5 Å². The van der Waals surface area contributed by atoms with Crippen molar-refractivity contribution in [3.05, 3.63) is 64.7 Å². The van der Waals surface area contributed by atoms with Crippen LogP contribution < -0.4 is 4.74 Å². The van der Waals surface area contributed by atoms with E-state index in [1.807, 2.05) is 25.1 Å². The van der Waals surface area contributed by atoms with E-state index in [1.165, 1.54) is 0 Å². The van der Waals surface area contributed by atoms with Crippen LogP contribution in [-0.2, 0) is 11.2 Å².